The standard InChI is InChI=1S/C62H40N2O/c1-2-17-50(18-3-1)64-57-21-9-8-20-54(57)56-40-49(31-37-58(56)64)43-28-34-52(35-29-43)63(59-22-11-23-60-61(59)55-36-30-44-13-6-7-19-53(44)62(55)65-60)51-32-26-42(27-33-51)46-15-10-16-47(38-46)48-25-24-41-12-4-5-14-45(41)39-48/h1-40H/i28D,29D,34D,35D. The molecule has 13 rings (SSSR count). The Morgan fingerprint density at radius 3 is 1.85 bits per heavy atom. The molecule has 0 saturated carbocycles. The molecule has 3 nitrogen and oxygen atoms in total. The van der Waals surface area contributed by atoms with Crippen molar-refractivity contribution in [1.29, 1.82) is 0 Å². The minimum Gasteiger partial charge on any atom is -0.455 e. The Bertz CT molecular complexity index is 4170. The normalized spacial score (nSPS) is 12.6. The predicted molar refractivity (Wildman–Crippen MR) is 274 cm³/mol. The van der Waals surface area contributed by atoms with Crippen LogP contribution in [0, 0.1) is 0 Å². The smallest absolute Gasteiger partial charge is 0.143 e. The Balaban J connectivity index is 0.984. The second kappa shape index (κ2) is 15.0. The first kappa shape index (κ1) is 33.0. The number of para-hydroxylation sites is 2. The highest BCUT2D eigenvalue weighted by molar-refractivity contribution is 6.19. The first-order valence-corrected chi connectivity index (χ1v) is 21.9. The largest absolute Gasteiger partial charge is 0.455 e. The molecule has 0 saturated heterocycles. The molecule has 11 aromatic carbocycles. The summed E-state index contributed by atoms with van der Waals surface area (Å²) in [5.41, 5.74) is 11.1. The van der Waals surface area contributed by atoms with Gasteiger partial charge in [0.25, 0.3) is 0 Å². The monoisotopic (exact) mass is 832 g/mol. The summed E-state index contributed by atoms with van der Waals surface area (Å²) in [6, 6.07) is 73.6. The van der Waals surface area contributed by atoms with Gasteiger partial charge in [-0.05, 0) is 134 Å². The van der Waals surface area contributed by atoms with Crippen LogP contribution in [0.2, 0.25) is 0 Å². The van der Waals surface area contributed by atoms with Crippen molar-refractivity contribution in [2.75, 3.05) is 4.90 Å². The van der Waals surface area contributed by atoms with Gasteiger partial charge in [-0.2, -0.15) is 0 Å². The molecule has 0 spiro atoms. The van der Waals surface area contributed by atoms with Crippen molar-refractivity contribution in [3.63, 3.8) is 0 Å². The number of rotatable bonds is 7. The fraction of sp³-hybridized carbons (Fsp3) is 0. The van der Waals surface area contributed by atoms with Crippen molar-refractivity contribution in [2.45, 2.75) is 0 Å². The fourth-order valence-electron chi connectivity index (χ4n) is 9.71. The zero-order valence-electron chi connectivity index (χ0n) is 39.1. The lowest BCUT2D eigenvalue weighted by molar-refractivity contribution is 0.672. The summed E-state index contributed by atoms with van der Waals surface area (Å²) in [6.07, 6.45) is 0. The van der Waals surface area contributed by atoms with Gasteiger partial charge in [0.05, 0.1) is 27.6 Å². The number of fused-ring (bicyclic) bond motifs is 9. The van der Waals surface area contributed by atoms with Gasteiger partial charge in [-0.25, -0.2) is 0 Å². The Kier molecular flexibility index (Phi) is 7.61. The Morgan fingerprint density at radius 2 is 1.00 bits per heavy atom. The first-order chi connectivity index (χ1) is 33.9. The molecule has 0 amide bonds. The minimum atomic E-state index is -0.153. The van der Waals surface area contributed by atoms with E-state index in [4.69, 9.17) is 4.42 Å². The molecule has 2 aromatic heterocycles. The van der Waals surface area contributed by atoms with Gasteiger partial charge in [0.2, 0.25) is 0 Å². The van der Waals surface area contributed by atoms with Crippen molar-refractivity contribution >= 4 is 82.4 Å². The van der Waals surface area contributed by atoms with E-state index < -0.39 is 0 Å². The Hall–Kier alpha value is -8.66. The summed E-state index contributed by atoms with van der Waals surface area (Å²) in [7, 11) is 0. The number of benzene rings is 11. The molecule has 0 aliphatic rings. The molecule has 0 aliphatic carbocycles. The number of nitrogens with zero attached hydrogens (tertiary/aromatic N) is 2. The maximum absolute atomic E-state index is 9.88. The zero-order valence-corrected chi connectivity index (χ0v) is 35.1. The van der Waals surface area contributed by atoms with E-state index in [1.165, 1.54) is 10.8 Å². The topological polar surface area (TPSA) is 21.3 Å². The average Bonchev–Trinajstić information content (AvgIpc) is 3.96. The van der Waals surface area contributed by atoms with E-state index in [2.05, 4.69) is 132 Å². The third-order valence-corrected chi connectivity index (χ3v) is 12.8. The van der Waals surface area contributed by atoms with Crippen LogP contribution in [0.25, 0.3) is 104 Å². The third kappa shape index (κ3) is 6.20. The van der Waals surface area contributed by atoms with Gasteiger partial charge in [0, 0.05) is 38.6 Å². The molecule has 0 aliphatic heterocycles. The van der Waals surface area contributed by atoms with Crippen molar-refractivity contribution < 1.29 is 9.90 Å². The zero-order chi connectivity index (χ0) is 46.3. The quantitative estimate of drug-likeness (QED) is 0.160. The van der Waals surface area contributed by atoms with Crippen molar-refractivity contribution in [1.82, 2.24) is 4.57 Å². The van der Waals surface area contributed by atoms with Gasteiger partial charge in [-0.1, -0.05) is 158 Å². The van der Waals surface area contributed by atoms with E-state index in [1.54, 1.807) is 0 Å². The number of hydrogen-bond donors (Lipinski definition) is 0. The molecule has 65 heavy (non-hydrogen) atoms. The molecule has 13 aromatic rings. The van der Waals surface area contributed by atoms with Gasteiger partial charge in [0.1, 0.15) is 11.2 Å². The van der Waals surface area contributed by atoms with Gasteiger partial charge < -0.3 is 13.9 Å². The average molecular weight is 833 g/mol. The number of aromatic nitrogens is 1. The van der Waals surface area contributed by atoms with Crippen LogP contribution in [0.5, 0.6) is 0 Å². The summed E-state index contributed by atoms with van der Waals surface area (Å²) in [5, 5.41) is 8.13. The molecular formula is C62H40N2O. The maximum Gasteiger partial charge on any atom is 0.143 e. The van der Waals surface area contributed by atoms with Gasteiger partial charge in [-0.15, -0.1) is 0 Å². The van der Waals surface area contributed by atoms with Crippen LogP contribution in [0.15, 0.2) is 247 Å². The van der Waals surface area contributed by atoms with Crippen LogP contribution < -0.4 is 4.90 Å². The van der Waals surface area contributed by atoms with Crippen molar-refractivity contribution in [2.24, 2.45) is 0 Å². The molecule has 0 bridgehead atoms. The van der Waals surface area contributed by atoms with Gasteiger partial charge in [0.15, 0.2) is 0 Å². The highest BCUT2D eigenvalue weighted by atomic mass is 16.3. The first-order valence-electron chi connectivity index (χ1n) is 23.9. The summed E-state index contributed by atoms with van der Waals surface area (Å²) in [5.74, 6) is 0. The van der Waals surface area contributed by atoms with E-state index in [-0.39, 0.29) is 35.4 Å². The summed E-state index contributed by atoms with van der Waals surface area (Å²) in [6.45, 7) is 0. The molecule has 2 heterocycles. The summed E-state index contributed by atoms with van der Waals surface area (Å²) < 4.78 is 48.1. The van der Waals surface area contributed by atoms with Crippen molar-refractivity contribution in [3.8, 4) is 39.1 Å². The molecule has 0 N–H and O–H groups in total. The van der Waals surface area contributed by atoms with Crippen LogP contribution in [-0.2, 0) is 0 Å². The predicted octanol–water partition coefficient (Wildman–Crippen LogP) is 17.5. The molecule has 0 unspecified atom stereocenters. The number of furan rings is 1. The van der Waals surface area contributed by atoms with Gasteiger partial charge >= 0.3 is 0 Å². The van der Waals surface area contributed by atoms with Crippen LogP contribution in [0.1, 0.15) is 5.48 Å². The van der Waals surface area contributed by atoms with Crippen LogP contribution in [0.3, 0.4) is 0 Å². The van der Waals surface area contributed by atoms with Crippen LogP contribution in [-0.4, -0.2) is 4.57 Å². The minimum absolute atomic E-state index is 0.125. The second-order valence-electron chi connectivity index (χ2n) is 16.6. The van der Waals surface area contributed by atoms with E-state index in [0.29, 0.717) is 22.5 Å². The SMILES string of the molecule is [2H]c1c([2H])c(N(c2ccc(-c3cccc(-c4ccc5ccccc5c4)c3)cc2)c2cccc3oc4c5ccccc5ccc4c23)c([2H])c([2H])c1-c1ccc2c(c1)c1ccccc1n2-c1ccccc1. The molecule has 0 fully saturated rings. The lowest BCUT2D eigenvalue weighted by Gasteiger charge is -2.26. The van der Waals surface area contributed by atoms with E-state index in [0.717, 1.165) is 76.9 Å². The lowest BCUT2D eigenvalue weighted by Crippen LogP contribution is -2.10. The third-order valence-electron chi connectivity index (χ3n) is 12.8. The fourth-order valence-corrected chi connectivity index (χ4v) is 9.71. The summed E-state index contributed by atoms with van der Waals surface area (Å²) >= 11 is 0. The Labute approximate surface area is 381 Å². The van der Waals surface area contributed by atoms with Crippen LogP contribution in [0.4, 0.5) is 17.1 Å². The molecular weight excluding hydrogens is 789 g/mol. The molecule has 0 radical (unpaired) electrons. The van der Waals surface area contributed by atoms with Crippen LogP contribution >= 0.6 is 0 Å². The Morgan fingerprint density at radius 1 is 0.369 bits per heavy atom. The number of anilines is 3. The molecule has 304 valence electrons. The van der Waals surface area contributed by atoms with E-state index in [1.807, 2.05) is 95.9 Å². The van der Waals surface area contributed by atoms with E-state index >= 15 is 0 Å². The highest BCUT2D eigenvalue weighted by Gasteiger charge is 2.21. The van der Waals surface area contributed by atoms with Gasteiger partial charge in [-0.3, -0.25) is 0 Å². The van der Waals surface area contributed by atoms with Crippen molar-refractivity contribution in [3.05, 3.63) is 243 Å². The summed E-state index contributed by atoms with van der Waals surface area (Å²) in [4.78, 5) is 1.88. The van der Waals surface area contributed by atoms with E-state index in [9.17, 15) is 5.48 Å². The maximum atomic E-state index is 9.88. The lowest BCUT2D eigenvalue weighted by atomic mass is 9.97. The highest BCUT2D eigenvalue weighted by Crippen LogP contribution is 2.45. The second-order valence-corrected chi connectivity index (χ2v) is 16.6. The molecule has 3 heteroatoms. The number of hydrogen-bond acceptors (Lipinski definition) is 2. The molecule has 0 atom stereocenters.